The molecule has 19 heavy (non-hydrogen) atoms. The van der Waals surface area contributed by atoms with Crippen LogP contribution in [0.1, 0.15) is 71.1 Å². The summed E-state index contributed by atoms with van der Waals surface area (Å²) in [5.74, 6) is 0. The third-order valence-electron chi connectivity index (χ3n) is 3.97. The van der Waals surface area contributed by atoms with Crippen LogP contribution in [0, 0.1) is 0 Å². The van der Waals surface area contributed by atoms with Crippen molar-refractivity contribution in [3.63, 3.8) is 0 Å². The first-order valence-corrected chi connectivity index (χ1v) is 8.32. The van der Waals surface area contributed by atoms with Crippen LogP contribution in [0.5, 0.6) is 0 Å². The lowest BCUT2D eigenvalue weighted by atomic mass is 9.97. The Hall–Kier alpha value is -0.340. The second-order valence-corrected chi connectivity index (χ2v) is 5.80. The maximum Gasteiger partial charge on any atom is 0.0590 e. The van der Waals surface area contributed by atoms with Crippen LogP contribution in [-0.2, 0) is 4.74 Å². The van der Waals surface area contributed by atoms with Crippen LogP contribution in [0.2, 0.25) is 0 Å². The molecule has 0 spiro atoms. The molecule has 2 unspecified atom stereocenters. The molecule has 1 aliphatic rings. The molecule has 1 N–H and O–H groups in total. The number of allylic oxidation sites excluding steroid dienone is 1. The van der Waals surface area contributed by atoms with E-state index >= 15 is 0 Å². The van der Waals surface area contributed by atoms with Crippen molar-refractivity contribution in [1.29, 1.82) is 0 Å². The number of hydrogen-bond acceptors (Lipinski definition) is 2. The molecule has 1 fully saturated rings. The second-order valence-electron chi connectivity index (χ2n) is 5.80. The summed E-state index contributed by atoms with van der Waals surface area (Å²) < 4.78 is 5.88. The first kappa shape index (κ1) is 16.7. The highest BCUT2D eigenvalue weighted by Crippen LogP contribution is 2.19. The van der Waals surface area contributed by atoms with Crippen molar-refractivity contribution in [1.82, 2.24) is 5.32 Å². The molecule has 112 valence electrons. The fourth-order valence-corrected chi connectivity index (χ4v) is 2.82. The summed E-state index contributed by atoms with van der Waals surface area (Å²) >= 11 is 0. The van der Waals surface area contributed by atoms with Gasteiger partial charge in [-0.3, -0.25) is 0 Å². The van der Waals surface area contributed by atoms with E-state index in [0.29, 0.717) is 12.1 Å². The van der Waals surface area contributed by atoms with E-state index in [0.717, 1.165) is 13.2 Å². The van der Waals surface area contributed by atoms with E-state index in [1.165, 1.54) is 64.2 Å². The fraction of sp³-hybridized carbons (Fsp3) is 0.882. The summed E-state index contributed by atoms with van der Waals surface area (Å²) in [6, 6.07) is 0.659. The minimum absolute atomic E-state index is 0.510. The van der Waals surface area contributed by atoms with E-state index in [1.807, 2.05) is 6.08 Å². The van der Waals surface area contributed by atoms with Gasteiger partial charge in [-0.05, 0) is 57.9 Å². The Bertz CT molecular complexity index is 211. The van der Waals surface area contributed by atoms with Gasteiger partial charge in [-0.15, -0.1) is 6.58 Å². The van der Waals surface area contributed by atoms with Gasteiger partial charge in [0.05, 0.1) is 6.10 Å². The Labute approximate surface area is 120 Å². The molecule has 2 atom stereocenters. The van der Waals surface area contributed by atoms with Gasteiger partial charge in [-0.1, -0.05) is 25.8 Å². The summed E-state index contributed by atoms with van der Waals surface area (Å²) in [5.41, 5.74) is 0. The van der Waals surface area contributed by atoms with E-state index in [9.17, 15) is 0 Å². The van der Waals surface area contributed by atoms with Gasteiger partial charge >= 0.3 is 0 Å². The van der Waals surface area contributed by atoms with Crippen molar-refractivity contribution in [3.8, 4) is 0 Å². The Morgan fingerprint density at radius 2 is 2.21 bits per heavy atom. The molecular weight excluding hydrogens is 234 g/mol. The van der Waals surface area contributed by atoms with E-state index in [4.69, 9.17) is 4.74 Å². The van der Waals surface area contributed by atoms with Crippen LogP contribution in [0.3, 0.4) is 0 Å². The molecule has 0 radical (unpaired) electrons. The molecule has 0 saturated carbocycles. The highest BCUT2D eigenvalue weighted by molar-refractivity contribution is 4.75. The third kappa shape index (κ3) is 8.43. The van der Waals surface area contributed by atoms with Crippen molar-refractivity contribution in [2.45, 2.75) is 83.3 Å². The van der Waals surface area contributed by atoms with Gasteiger partial charge in [0, 0.05) is 12.6 Å². The highest BCUT2D eigenvalue weighted by Gasteiger charge is 2.18. The van der Waals surface area contributed by atoms with Crippen LogP contribution in [0.15, 0.2) is 12.7 Å². The maximum absolute atomic E-state index is 5.88. The molecule has 1 rings (SSSR count). The molecule has 0 aromatic carbocycles. The average Bonchev–Trinajstić information content (AvgIpc) is 2.45. The quantitative estimate of drug-likeness (QED) is 0.441. The van der Waals surface area contributed by atoms with Gasteiger partial charge in [0.1, 0.15) is 0 Å². The standard InChI is InChI=1S/C17H33NO/c1-3-5-6-7-8-11-16(18-13-4-2)15-17-12-9-10-14-19-17/h3,16-18H,1,4-15H2,2H3. The van der Waals surface area contributed by atoms with E-state index in [1.54, 1.807) is 0 Å². The monoisotopic (exact) mass is 267 g/mol. The maximum atomic E-state index is 5.88. The van der Waals surface area contributed by atoms with Crippen LogP contribution in [0.25, 0.3) is 0 Å². The number of hydrogen-bond donors (Lipinski definition) is 1. The zero-order chi connectivity index (χ0) is 13.8. The Morgan fingerprint density at radius 1 is 1.32 bits per heavy atom. The van der Waals surface area contributed by atoms with Crippen LogP contribution in [0.4, 0.5) is 0 Å². The topological polar surface area (TPSA) is 21.3 Å². The van der Waals surface area contributed by atoms with Crippen molar-refractivity contribution in [2.24, 2.45) is 0 Å². The number of ether oxygens (including phenoxy) is 1. The Balaban J connectivity index is 2.18. The molecular formula is C17H33NO. The molecule has 0 amide bonds. The molecule has 2 nitrogen and oxygen atoms in total. The van der Waals surface area contributed by atoms with Crippen molar-refractivity contribution in [2.75, 3.05) is 13.2 Å². The van der Waals surface area contributed by atoms with Gasteiger partial charge in [0.15, 0.2) is 0 Å². The second kappa shape index (κ2) is 11.5. The normalized spacial score (nSPS) is 21.2. The van der Waals surface area contributed by atoms with Crippen LogP contribution in [-0.4, -0.2) is 25.3 Å². The summed E-state index contributed by atoms with van der Waals surface area (Å²) in [7, 11) is 0. The number of unbranched alkanes of at least 4 members (excludes halogenated alkanes) is 3. The molecule has 0 bridgehead atoms. The van der Waals surface area contributed by atoms with Gasteiger partial charge in [0.2, 0.25) is 0 Å². The van der Waals surface area contributed by atoms with E-state index in [2.05, 4.69) is 18.8 Å². The predicted molar refractivity (Wildman–Crippen MR) is 83.6 cm³/mol. The van der Waals surface area contributed by atoms with Crippen LogP contribution < -0.4 is 5.32 Å². The SMILES string of the molecule is C=CCCCCCC(CC1CCCCO1)NCCC. The highest BCUT2D eigenvalue weighted by atomic mass is 16.5. The molecule has 1 aliphatic heterocycles. The minimum Gasteiger partial charge on any atom is -0.378 e. The van der Waals surface area contributed by atoms with Crippen molar-refractivity contribution in [3.05, 3.63) is 12.7 Å². The Morgan fingerprint density at radius 3 is 2.89 bits per heavy atom. The van der Waals surface area contributed by atoms with Crippen LogP contribution >= 0.6 is 0 Å². The van der Waals surface area contributed by atoms with Crippen molar-refractivity contribution < 1.29 is 4.74 Å². The molecule has 1 saturated heterocycles. The smallest absolute Gasteiger partial charge is 0.0590 e. The lowest BCUT2D eigenvalue weighted by Crippen LogP contribution is -2.35. The van der Waals surface area contributed by atoms with Crippen molar-refractivity contribution >= 4 is 0 Å². The number of nitrogens with one attached hydrogen (secondary N) is 1. The molecule has 0 aromatic rings. The summed E-state index contributed by atoms with van der Waals surface area (Å²) in [6.45, 7) is 8.14. The number of rotatable bonds is 11. The average molecular weight is 267 g/mol. The van der Waals surface area contributed by atoms with Gasteiger partial charge in [0.25, 0.3) is 0 Å². The fourth-order valence-electron chi connectivity index (χ4n) is 2.82. The first-order chi connectivity index (χ1) is 9.36. The predicted octanol–water partition coefficient (Wildman–Crippen LogP) is 4.45. The van der Waals surface area contributed by atoms with Gasteiger partial charge in [-0.2, -0.15) is 0 Å². The van der Waals surface area contributed by atoms with Gasteiger partial charge < -0.3 is 10.1 Å². The molecule has 0 aromatic heterocycles. The summed E-state index contributed by atoms with van der Waals surface area (Å²) in [6.07, 6.45) is 15.3. The summed E-state index contributed by atoms with van der Waals surface area (Å²) in [5, 5.41) is 3.71. The zero-order valence-corrected chi connectivity index (χ0v) is 12.8. The Kier molecular flexibility index (Phi) is 10.1. The molecule has 0 aliphatic carbocycles. The minimum atomic E-state index is 0.510. The lowest BCUT2D eigenvalue weighted by Gasteiger charge is -2.27. The van der Waals surface area contributed by atoms with E-state index < -0.39 is 0 Å². The molecule has 2 heteroatoms. The molecule has 1 heterocycles. The third-order valence-corrected chi connectivity index (χ3v) is 3.97. The zero-order valence-electron chi connectivity index (χ0n) is 12.8. The van der Waals surface area contributed by atoms with E-state index in [-0.39, 0.29) is 0 Å². The lowest BCUT2D eigenvalue weighted by molar-refractivity contribution is 0.00458. The first-order valence-electron chi connectivity index (χ1n) is 8.32. The van der Waals surface area contributed by atoms with Gasteiger partial charge in [-0.25, -0.2) is 0 Å². The largest absolute Gasteiger partial charge is 0.378 e. The summed E-state index contributed by atoms with van der Waals surface area (Å²) in [4.78, 5) is 0.